The standard InChI is InChI=1S/C16H20F2N4S/c17-14-2-1-11(7-15(14)18)10-22-5-3-12(4-6-22)20-8-13-9-21-16(19)23-13/h1-2,7,9,12,20H,3-6,8,10H2,(H2,19,21). The Bertz CT molecular complexity index is 653. The molecule has 2 aromatic rings. The number of piperidine rings is 1. The second-order valence-electron chi connectivity index (χ2n) is 5.84. The Kier molecular flexibility index (Phi) is 5.20. The Hall–Kier alpha value is -1.57. The Morgan fingerprint density at radius 3 is 2.70 bits per heavy atom. The van der Waals surface area contributed by atoms with Crippen LogP contribution in [0.5, 0.6) is 0 Å². The number of nitrogens with two attached hydrogens (primary N) is 1. The molecular weight excluding hydrogens is 318 g/mol. The fraction of sp³-hybridized carbons (Fsp3) is 0.438. The smallest absolute Gasteiger partial charge is 0.180 e. The molecule has 0 saturated carbocycles. The molecule has 3 N–H and O–H groups in total. The van der Waals surface area contributed by atoms with Gasteiger partial charge in [0.15, 0.2) is 16.8 Å². The summed E-state index contributed by atoms with van der Waals surface area (Å²) in [6.45, 7) is 3.35. The highest BCUT2D eigenvalue weighted by Gasteiger charge is 2.19. The molecule has 1 saturated heterocycles. The fourth-order valence-corrected chi connectivity index (χ4v) is 3.48. The van der Waals surface area contributed by atoms with Crippen molar-refractivity contribution in [1.29, 1.82) is 0 Å². The zero-order chi connectivity index (χ0) is 16.2. The minimum atomic E-state index is -0.791. The van der Waals surface area contributed by atoms with Gasteiger partial charge in [0.2, 0.25) is 0 Å². The predicted octanol–water partition coefficient (Wildman–Crippen LogP) is 2.76. The minimum Gasteiger partial charge on any atom is -0.375 e. The van der Waals surface area contributed by atoms with Crippen LogP contribution in [0.4, 0.5) is 13.9 Å². The van der Waals surface area contributed by atoms with Gasteiger partial charge in [0.1, 0.15) is 0 Å². The summed E-state index contributed by atoms with van der Waals surface area (Å²) < 4.78 is 26.2. The monoisotopic (exact) mass is 338 g/mol. The van der Waals surface area contributed by atoms with Gasteiger partial charge in [0.25, 0.3) is 0 Å². The van der Waals surface area contributed by atoms with Crippen molar-refractivity contribution in [1.82, 2.24) is 15.2 Å². The highest BCUT2D eigenvalue weighted by atomic mass is 32.1. The van der Waals surface area contributed by atoms with Crippen molar-refractivity contribution >= 4 is 16.5 Å². The van der Waals surface area contributed by atoms with Crippen LogP contribution in [0.1, 0.15) is 23.3 Å². The third kappa shape index (κ3) is 4.46. The number of hydrogen-bond acceptors (Lipinski definition) is 5. The summed E-state index contributed by atoms with van der Waals surface area (Å²) in [4.78, 5) is 7.46. The van der Waals surface area contributed by atoms with E-state index in [0.29, 0.717) is 17.7 Å². The van der Waals surface area contributed by atoms with Crippen molar-refractivity contribution in [3.63, 3.8) is 0 Å². The third-order valence-corrected chi connectivity index (χ3v) is 4.94. The molecule has 3 rings (SSSR count). The Labute approximate surface area is 138 Å². The van der Waals surface area contributed by atoms with E-state index in [4.69, 9.17) is 5.73 Å². The van der Waals surface area contributed by atoms with Crippen molar-refractivity contribution in [2.24, 2.45) is 0 Å². The number of anilines is 1. The van der Waals surface area contributed by atoms with Crippen LogP contribution < -0.4 is 11.1 Å². The van der Waals surface area contributed by atoms with Crippen LogP contribution in [0.2, 0.25) is 0 Å². The van der Waals surface area contributed by atoms with E-state index in [9.17, 15) is 8.78 Å². The lowest BCUT2D eigenvalue weighted by Crippen LogP contribution is -2.41. The normalized spacial score (nSPS) is 16.8. The van der Waals surface area contributed by atoms with Crippen molar-refractivity contribution in [2.75, 3.05) is 18.8 Å². The van der Waals surface area contributed by atoms with Gasteiger partial charge in [-0.05, 0) is 43.6 Å². The van der Waals surface area contributed by atoms with Crippen LogP contribution in [0.25, 0.3) is 0 Å². The van der Waals surface area contributed by atoms with E-state index in [1.165, 1.54) is 23.5 Å². The van der Waals surface area contributed by atoms with Crippen LogP contribution in [0.15, 0.2) is 24.4 Å². The maximum absolute atomic E-state index is 13.2. The molecule has 124 valence electrons. The van der Waals surface area contributed by atoms with E-state index in [1.807, 2.05) is 6.20 Å². The second-order valence-corrected chi connectivity index (χ2v) is 6.99. The zero-order valence-corrected chi connectivity index (χ0v) is 13.6. The van der Waals surface area contributed by atoms with Gasteiger partial charge in [-0.1, -0.05) is 6.07 Å². The number of hydrogen-bond donors (Lipinski definition) is 2. The van der Waals surface area contributed by atoms with Crippen molar-refractivity contribution in [3.05, 3.63) is 46.5 Å². The average molecular weight is 338 g/mol. The topological polar surface area (TPSA) is 54.2 Å². The highest BCUT2D eigenvalue weighted by molar-refractivity contribution is 7.15. The molecule has 0 amide bonds. The molecule has 1 aromatic carbocycles. The van der Waals surface area contributed by atoms with Gasteiger partial charge in [-0.15, -0.1) is 11.3 Å². The van der Waals surface area contributed by atoms with E-state index < -0.39 is 11.6 Å². The summed E-state index contributed by atoms with van der Waals surface area (Å²) in [5.41, 5.74) is 6.44. The maximum Gasteiger partial charge on any atom is 0.180 e. The molecule has 2 heterocycles. The van der Waals surface area contributed by atoms with Gasteiger partial charge in [-0.3, -0.25) is 4.90 Å². The molecule has 0 aliphatic carbocycles. The molecule has 0 unspecified atom stereocenters. The van der Waals surface area contributed by atoms with Gasteiger partial charge >= 0.3 is 0 Å². The Morgan fingerprint density at radius 1 is 1.26 bits per heavy atom. The first-order valence-electron chi connectivity index (χ1n) is 7.70. The molecule has 4 nitrogen and oxygen atoms in total. The summed E-state index contributed by atoms with van der Waals surface area (Å²) in [5, 5.41) is 4.13. The van der Waals surface area contributed by atoms with Gasteiger partial charge in [-0.2, -0.15) is 0 Å². The first-order chi connectivity index (χ1) is 11.1. The number of benzene rings is 1. The molecule has 0 spiro atoms. The van der Waals surface area contributed by atoms with E-state index >= 15 is 0 Å². The first-order valence-corrected chi connectivity index (χ1v) is 8.51. The van der Waals surface area contributed by atoms with Gasteiger partial charge in [-0.25, -0.2) is 13.8 Å². The average Bonchev–Trinajstić information content (AvgIpc) is 2.96. The SMILES string of the molecule is Nc1ncc(CNC2CCN(Cc3ccc(F)c(F)c3)CC2)s1. The Morgan fingerprint density at radius 2 is 2.04 bits per heavy atom. The van der Waals surface area contributed by atoms with Gasteiger partial charge in [0.05, 0.1) is 0 Å². The molecule has 23 heavy (non-hydrogen) atoms. The van der Waals surface area contributed by atoms with E-state index in [0.717, 1.165) is 42.9 Å². The van der Waals surface area contributed by atoms with E-state index in [-0.39, 0.29) is 0 Å². The van der Waals surface area contributed by atoms with Crippen LogP contribution in [-0.2, 0) is 13.1 Å². The van der Waals surface area contributed by atoms with Crippen molar-refractivity contribution in [2.45, 2.75) is 32.0 Å². The van der Waals surface area contributed by atoms with Crippen LogP contribution in [0.3, 0.4) is 0 Å². The summed E-state index contributed by atoms with van der Waals surface area (Å²) in [6.07, 6.45) is 3.89. The highest BCUT2D eigenvalue weighted by Crippen LogP contribution is 2.18. The number of nitrogens with zero attached hydrogens (tertiary/aromatic N) is 2. The van der Waals surface area contributed by atoms with Gasteiger partial charge in [0, 0.05) is 30.2 Å². The molecule has 1 fully saturated rings. The molecule has 1 aliphatic rings. The number of nitrogen functional groups attached to an aromatic ring is 1. The number of thiazole rings is 1. The van der Waals surface area contributed by atoms with Crippen molar-refractivity contribution < 1.29 is 8.78 Å². The molecule has 0 atom stereocenters. The number of rotatable bonds is 5. The van der Waals surface area contributed by atoms with Crippen LogP contribution in [-0.4, -0.2) is 29.0 Å². The van der Waals surface area contributed by atoms with Gasteiger partial charge < -0.3 is 11.1 Å². The number of halogens is 2. The number of nitrogens with one attached hydrogen (secondary N) is 1. The molecule has 0 radical (unpaired) electrons. The summed E-state index contributed by atoms with van der Waals surface area (Å²) in [6, 6.07) is 4.60. The molecular formula is C16H20F2N4S. The Balaban J connectivity index is 1.43. The predicted molar refractivity (Wildman–Crippen MR) is 88.0 cm³/mol. The second kappa shape index (κ2) is 7.33. The molecule has 1 aromatic heterocycles. The van der Waals surface area contributed by atoms with E-state index in [2.05, 4.69) is 15.2 Å². The summed E-state index contributed by atoms with van der Waals surface area (Å²) >= 11 is 1.51. The molecule has 0 bridgehead atoms. The molecule has 1 aliphatic heterocycles. The lowest BCUT2D eigenvalue weighted by molar-refractivity contribution is 0.190. The summed E-state index contributed by atoms with van der Waals surface area (Å²) in [7, 11) is 0. The summed E-state index contributed by atoms with van der Waals surface area (Å²) in [5.74, 6) is -1.57. The first kappa shape index (κ1) is 16.3. The minimum absolute atomic E-state index is 0.472. The van der Waals surface area contributed by atoms with Crippen LogP contribution >= 0.6 is 11.3 Å². The van der Waals surface area contributed by atoms with E-state index in [1.54, 1.807) is 6.07 Å². The lowest BCUT2D eigenvalue weighted by Gasteiger charge is -2.32. The van der Waals surface area contributed by atoms with Crippen molar-refractivity contribution in [3.8, 4) is 0 Å². The third-order valence-electron chi connectivity index (χ3n) is 4.11. The lowest BCUT2D eigenvalue weighted by atomic mass is 10.0. The molecule has 7 heteroatoms. The quantitative estimate of drug-likeness (QED) is 0.880. The maximum atomic E-state index is 13.2. The largest absolute Gasteiger partial charge is 0.375 e. The number of aromatic nitrogens is 1. The zero-order valence-electron chi connectivity index (χ0n) is 12.8. The fourth-order valence-electron chi connectivity index (χ4n) is 2.84. The number of likely N-dealkylation sites (tertiary alicyclic amines) is 1. The van der Waals surface area contributed by atoms with Crippen LogP contribution in [0, 0.1) is 11.6 Å².